The lowest BCUT2D eigenvalue weighted by Gasteiger charge is -2.17. The molecule has 1 heterocycles. The number of nitrogens with zero attached hydrogens (tertiary/aromatic N) is 1. The number of thioether (sulfide) groups is 1. The van der Waals surface area contributed by atoms with Crippen LogP contribution in [-0.4, -0.2) is 35.7 Å². The number of hydrogen-bond donors (Lipinski definition) is 1. The molecule has 126 valence electrons. The van der Waals surface area contributed by atoms with Crippen LogP contribution in [-0.2, 0) is 10.5 Å². The van der Waals surface area contributed by atoms with Crippen LogP contribution in [0.5, 0.6) is 0 Å². The standard InChI is InChI=1S/C19H21ClN2OS/c20-16-8-6-15(7-9-16)13-24-14-19(23)22-11-10-18(12-22)21-17-4-2-1-3-5-17/h1-9,18,21H,10-14H2. The molecule has 1 aliphatic heterocycles. The molecule has 1 atom stereocenters. The molecule has 1 N–H and O–H groups in total. The van der Waals surface area contributed by atoms with Crippen molar-refractivity contribution < 1.29 is 4.79 Å². The first-order valence-corrected chi connectivity index (χ1v) is 9.65. The number of nitrogens with one attached hydrogen (secondary N) is 1. The summed E-state index contributed by atoms with van der Waals surface area (Å²) in [5.74, 6) is 1.59. The van der Waals surface area contributed by atoms with Crippen molar-refractivity contribution in [3.63, 3.8) is 0 Å². The van der Waals surface area contributed by atoms with Crippen molar-refractivity contribution in [1.82, 2.24) is 4.90 Å². The number of benzene rings is 2. The number of anilines is 1. The summed E-state index contributed by atoms with van der Waals surface area (Å²) in [5, 5.41) is 4.24. The van der Waals surface area contributed by atoms with E-state index < -0.39 is 0 Å². The lowest BCUT2D eigenvalue weighted by molar-refractivity contribution is -0.127. The number of para-hydroxylation sites is 1. The predicted molar refractivity (Wildman–Crippen MR) is 103 cm³/mol. The molecule has 0 aromatic heterocycles. The molecular weight excluding hydrogens is 340 g/mol. The summed E-state index contributed by atoms with van der Waals surface area (Å²) in [5.41, 5.74) is 2.32. The fourth-order valence-corrected chi connectivity index (χ4v) is 3.82. The van der Waals surface area contributed by atoms with Gasteiger partial charge in [0.05, 0.1) is 5.75 Å². The van der Waals surface area contributed by atoms with Gasteiger partial charge in [0, 0.05) is 35.6 Å². The van der Waals surface area contributed by atoms with Gasteiger partial charge in [-0.2, -0.15) is 0 Å². The molecule has 0 bridgehead atoms. The third kappa shape index (κ3) is 4.92. The van der Waals surface area contributed by atoms with E-state index in [0.29, 0.717) is 11.8 Å². The summed E-state index contributed by atoms with van der Waals surface area (Å²) in [6.07, 6.45) is 1.00. The molecule has 0 saturated carbocycles. The van der Waals surface area contributed by atoms with Gasteiger partial charge in [0.1, 0.15) is 0 Å². The third-order valence-electron chi connectivity index (χ3n) is 4.09. The Morgan fingerprint density at radius 1 is 1.17 bits per heavy atom. The largest absolute Gasteiger partial charge is 0.380 e. The van der Waals surface area contributed by atoms with E-state index in [2.05, 4.69) is 17.4 Å². The molecule has 2 aromatic carbocycles. The van der Waals surface area contributed by atoms with Crippen LogP contribution >= 0.6 is 23.4 Å². The molecule has 24 heavy (non-hydrogen) atoms. The van der Waals surface area contributed by atoms with Crippen LogP contribution in [0.25, 0.3) is 0 Å². The zero-order valence-electron chi connectivity index (χ0n) is 13.5. The van der Waals surface area contributed by atoms with Gasteiger partial charge >= 0.3 is 0 Å². The van der Waals surface area contributed by atoms with Gasteiger partial charge in [-0.15, -0.1) is 11.8 Å². The van der Waals surface area contributed by atoms with Gasteiger partial charge in [-0.05, 0) is 36.2 Å². The highest BCUT2D eigenvalue weighted by molar-refractivity contribution is 7.99. The summed E-state index contributed by atoms with van der Waals surface area (Å²) in [6.45, 7) is 1.63. The first-order chi connectivity index (χ1) is 11.7. The fourth-order valence-electron chi connectivity index (χ4n) is 2.80. The van der Waals surface area contributed by atoms with E-state index in [-0.39, 0.29) is 5.91 Å². The molecule has 5 heteroatoms. The molecule has 3 nitrogen and oxygen atoms in total. The summed E-state index contributed by atoms with van der Waals surface area (Å²) in [6, 6.07) is 18.3. The van der Waals surface area contributed by atoms with Gasteiger partial charge in [0.25, 0.3) is 0 Å². The molecule has 1 fully saturated rings. The second-order valence-corrected chi connectivity index (χ2v) is 7.38. The summed E-state index contributed by atoms with van der Waals surface area (Å²) >= 11 is 7.54. The lowest BCUT2D eigenvalue weighted by Crippen LogP contribution is -2.32. The Morgan fingerprint density at radius 2 is 1.92 bits per heavy atom. The van der Waals surface area contributed by atoms with E-state index >= 15 is 0 Å². The number of carbonyl (C=O) groups is 1. The van der Waals surface area contributed by atoms with Crippen LogP contribution in [0.3, 0.4) is 0 Å². The van der Waals surface area contributed by atoms with E-state index in [9.17, 15) is 4.79 Å². The van der Waals surface area contributed by atoms with E-state index in [0.717, 1.165) is 36.0 Å². The zero-order valence-corrected chi connectivity index (χ0v) is 15.0. The monoisotopic (exact) mass is 360 g/mol. The molecule has 0 aliphatic carbocycles. The molecular formula is C19H21ClN2OS. The van der Waals surface area contributed by atoms with Crippen LogP contribution in [0.4, 0.5) is 5.69 Å². The van der Waals surface area contributed by atoms with Crippen molar-refractivity contribution in [3.8, 4) is 0 Å². The van der Waals surface area contributed by atoms with Crippen LogP contribution in [0.15, 0.2) is 54.6 Å². The van der Waals surface area contributed by atoms with Crippen molar-refractivity contribution in [2.45, 2.75) is 18.2 Å². The van der Waals surface area contributed by atoms with E-state index in [1.807, 2.05) is 47.4 Å². The average Bonchev–Trinajstić information content (AvgIpc) is 3.06. The van der Waals surface area contributed by atoms with E-state index in [1.54, 1.807) is 11.8 Å². The molecule has 2 aromatic rings. The number of amides is 1. The van der Waals surface area contributed by atoms with Gasteiger partial charge in [-0.3, -0.25) is 4.79 Å². The lowest BCUT2D eigenvalue weighted by atomic mass is 10.2. The van der Waals surface area contributed by atoms with Crippen LogP contribution in [0.2, 0.25) is 5.02 Å². The Labute approximate surface area is 152 Å². The second-order valence-electron chi connectivity index (χ2n) is 5.95. The van der Waals surface area contributed by atoms with Gasteiger partial charge in [0.15, 0.2) is 0 Å². The first kappa shape index (κ1) is 17.2. The van der Waals surface area contributed by atoms with Crippen LogP contribution in [0.1, 0.15) is 12.0 Å². The number of carbonyl (C=O) groups excluding carboxylic acids is 1. The van der Waals surface area contributed by atoms with Crippen molar-refractivity contribution in [2.75, 3.05) is 24.2 Å². The number of rotatable bonds is 6. The number of halogens is 1. The Bertz CT molecular complexity index is 663. The molecule has 0 radical (unpaired) electrons. The summed E-state index contributed by atoms with van der Waals surface area (Å²) in [7, 11) is 0. The molecule has 1 unspecified atom stereocenters. The molecule has 1 saturated heterocycles. The smallest absolute Gasteiger partial charge is 0.232 e. The number of hydrogen-bond acceptors (Lipinski definition) is 3. The Morgan fingerprint density at radius 3 is 2.67 bits per heavy atom. The molecule has 0 spiro atoms. The summed E-state index contributed by atoms with van der Waals surface area (Å²) < 4.78 is 0. The Hall–Kier alpha value is -1.65. The molecule has 1 aliphatic rings. The van der Waals surface area contributed by atoms with Crippen molar-refractivity contribution in [2.24, 2.45) is 0 Å². The van der Waals surface area contributed by atoms with Gasteiger partial charge in [-0.1, -0.05) is 41.9 Å². The third-order valence-corrected chi connectivity index (χ3v) is 5.33. The van der Waals surface area contributed by atoms with Crippen molar-refractivity contribution in [3.05, 3.63) is 65.2 Å². The van der Waals surface area contributed by atoms with Crippen LogP contribution < -0.4 is 5.32 Å². The number of likely N-dealkylation sites (tertiary alicyclic amines) is 1. The minimum atomic E-state index is 0.228. The van der Waals surface area contributed by atoms with Gasteiger partial charge < -0.3 is 10.2 Å². The van der Waals surface area contributed by atoms with Crippen molar-refractivity contribution >= 4 is 35.0 Å². The normalized spacial score (nSPS) is 17.0. The van der Waals surface area contributed by atoms with E-state index in [1.165, 1.54) is 5.56 Å². The highest BCUT2D eigenvalue weighted by Gasteiger charge is 2.25. The van der Waals surface area contributed by atoms with Gasteiger partial charge in [-0.25, -0.2) is 0 Å². The van der Waals surface area contributed by atoms with Crippen LogP contribution in [0, 0.1) is 0 Å². The fraction of sp³-hybridized carbons (Fsp3) is 0.316. The minimum Gasteiger partial charge on any atom is -0.380 e. The highest BCUT2D eigenvalue weighted by atomic mass is 35.5. The molecule has 1 amide bonds. The minimum absolute atomic E-state index is 0.228. The maximum atomic E-state index is 12.3. The van der Waals surface area contributed by atoms with E-state index in [4.69, 9.17) is 11.6 Å². The maximum Gasteiger partial charge on any atom is 0.232 e. The van der Waals surface area contributed by atoms with Crippen molar-refractivity contribution in [1.29, 1.82) is 0 Å². The highest BCUT2D eigenvalue weighted by Crippen LogP contribution is 2.19. The van der Waals surface area contributed by atoms with Gasteiger partial charge in [0.2, 0.25) is 5.91 Å². The second kappa shape index (κ2) is 8.45. The molecule has 3 rings (SSSR count). The summed E-state index contributed by atoms with van der Waals surface area (Å²) in [4.78, 5) is 14.3. The first-order valence-electron chi connectivity index (χ1n) is 8.12. The quantitative estimate of drug-likeness (QED) is 0.834. The Balaban J connectivity index is 1.40. The maximum absolute atomic E-state index is 12.3. The Kier molecular flexibility index (Phi) is 6.05. The average molecular weight is 361 g/mol. The topological polar surface area (TPSA) is 32.3 Å². The zero-order chi connectivity index (χ0) is 16.8. The predicted octanol–water partition coefficient (Wildman–Crippen LogP) is 4.29. The SMILES string of the molecule is O=C(CSCc1ccc(Cl)cc1)N1CCC(Nc2ccccc2)C1.